The van der Waals surface area contributed by atoms with Crippen LogP contribution in [0.5, 0.6) is 11.5 Å². The number of halogens is 2. The molecule has 0 aromatic heterocycles. The molecule has 1 aliphatic rings. The van der Waals surface area contributed by atoms with Crippen LogP contribution in [-0.4, -0.2) is 19.7 Å². The van der Waals surface area contributed by atoms with Crippen molar-refractivity contribution in [1.29, 1.82) is 0 Å². The van der Waals surface area contributed by atoms with Crippen LogP contribution in [0, 0.1) is 12.0 Å². The van der Waals surface area contributed by atoms with Crippen molar-refractivity contribution in [2.24, 2.45) is 5.92 Å². The molecule has 1 unspecified atom stereocenters. The summed E-state index contributed by atoms with van der Waals surface area (Å²) in [6.07, 6.45) is 3.36. The molecule has 0 saturated heterocycles. The van der Waals surface area contributed by atoms with Crippen molar-refractivity contribution < 1.29 is 32.8 Å². The van der Waals surface area contributed by atoms with Crippen LogP contribution in [0.4, 0.5) is 0 Å². The summed E-state index contributed by atoms with van der Waals surface area (Å²) in [5.74, 6) is 2.17. The van der Waals surface area contributed by atoms with E-state index in [9.17, 15) is 0 Å². The monoisotopic (exact) mass is 592 g/mol. The van der Waals surface area contributed by atoms with E-state index >= 15 is 0 Å². The minimum absolute atomic E-state index is 0. The van der Waals surface area contributed by atoms with E-state index < -0.39 is 0 Å². The fraction of sp³-hybridized carbons (Fsp3) is 0.321. The SMILES string of the molecule is CC1=[C-]C(C)C(C)=C1C.COc1cc(OC)cc(-c2c[cH-]c3ccccc23)c1.C[Si](C)=[Zr+2].Cl.Cl. The Bertz CT molecular complexity index is 1120. The molecule has 0 aliphatic heterocycles. The van der Waals surface area contributed by atoms with Crippen molar-refractivity contribution in [3.63, 3.8) is 0 Å². The average Bonchev–Trinajstić information content (AvgIpc) is 3.30. The molecule has 0 saturated carbocycles. The van der Waals surface area contributed by atoms with Gasteiger partial charge in [0.2, 0.25) is 0 Å². The summed E-state index contributed by atoms with van der Waals surface area (Å²) in [4.78, 5) is 0. The first-order valence-corrected chi connectivity index (χ1v) is 17.0. The van der Waals surface area contributed by atoms with Crippen LogP contribution < -0.4 is 9.47 Å². The second kappa shape index (κ2) is 15.7. The smallest absolute Gasteiger partial charge is 0.147 e. The first kappa shape index (κ1) is 32.8. The molecule has 0 spiro atoms. The number of rotatable bonds is 3. The number of ether oxygens (including phenoxy) is 2. The summed E-state index contributed by atoms with van der Waals surface area (Å²) >= 11 is 1.74. The zero-order chi connectivity index (χ0) is 23.8. The number of methoxy groups -OCH3 is 2. The number of fused-ring (bicyclic) bond motifs is 1. The van der Waals surface area contributed by atoms with Crippen LogP contribution in [0.1, 0.15) is 27.7 Å². The third-order valence-electron chi connectivity index (χ3n) is 5.58. The van der Waals surface area contributed by atoms with Gasteiger partial charge in [-0.2, -0.15) is 11.1 Å². The third-order valence-corrected chi connectivity index (χ3v) is 5.58. The molecule has 0 bridgehead atoms. The Labute approximate surface area is 233 Å². The molecule has 1 atom stereocenters. The van der Waals surface area contributed by atoms with Crippen LogP contribution >= 0.6 is 24.8 Å². The molecule has 0 heterocycles. The second-order valence-corrected chi connectivity index (χ2v) is 17.6. The Morgan fingerprint density at radius 1 is 0.941 bits per heavy atom. The van der Waals surface area contributed by atoms with Crippen LogP contribution in [0.25, 0.3) is 21.9 Å². The normalized spacial score (nSPS) is 13.9. The van der Waals surface area contributed by atoms with Gasteiger partial charge in [-0.05, 0) is 12.1 Å². The molecule has 6 heteroatoms. The van der Waals surface area contributed by atoms with Gasteiger partial charge in [-0.25, -0.2) is 5.57 Å². The fourth-order valence-corrected chi connectivity index (χ4v) is 3.53. The van der Waals surface area contributed by atoms with Crippen LogP contribution in [-0.2, 0) is 23.3 Å². The number of benzene rings is 2. The Hall–Kier alpha value is -1.19. The topological polar surface area (TPSA) is 18.5 Å². The predicted octanol–water partition coefficient (Wildman–Crippen LogP) is 8.59. The molecule has 3 aromatic rings. The summed E-state index contributed by atoms with van der Waals surface area (Å²) in [5, 5.41) is 2.50. The molecule has 0 N–H and O–H groups in total. The van der Waals surface area contributed by atoms with Crippen LogP contribution in [0.3, 0.4) is 0 Å². The van der Waals surface area contributed by atoms with Crippen molar-refractivity contribution in [3.8, 4) is 22.6 Å². The Morgan fingerprint density at radius 2 is 1.47 bits per heavy atom. The molecule has 4 rings (SSSR count). The summed E-state index contributed by atoms with van der Waals surface area (Å²) in [7, 11) is 3.34. The van der Waals surface area contributed by atoms with Gasteiger partial charge in [-0.15, -0.1) is 78.4 Å². The standard InChI is InChI=1S/C17H15O2.C9H13.C2H6Si.2ClH.Zr/c1-18-14-9-13(10-15(11-14)19-2)17-8-7-12-5-3-4-6-16(12)17;1-6-5-7(2)9(4)8(6)3;1-3-2;;;/h3-11H,1-2H3;6H,1-4H3;1-2H3;2*1H;/q2*-1;;;;+2. The first-order valence-electron chi connectivity index (χ1n) is 10.8. The summed E-state index contributed by atoms with van der Waals surface area (Å²) in [6, 6.07) is 18.6. The largest absolute Gasteiger partial charge is 0.147 e. The molecule has 3 aromatic carbocycles. The van der Waals surface area contributed by atoms with Crippen molar-refractivity contribution in [1.82, 2.24) is 0 Å². The molecule has 182 valence electrons. The molecule has 2 nitrogen and oxygen atoms in total. The number of hydrogen-bond donors (Lipinski definition) is 0. The molecular weight excluding hydrogens is 559 g/mol. The van der Waals surface area contributed by atoms with Gasteiger partial charge in [0.1, 0.15) is 11.5 Å². The van der Waals surface area contributed by atoms with Gasteiger partial charge >= 0.3 is 41.9 Å². The van der Waals surface area contributed by atoms with Gasteiger partial charge in [0.25, 0.3) is 0 Å². The van der Waals surface area contributed by atoms with E-state index in [1.165, 1.54) is 33.1 Å². The molecule has 34 heavy (non-hydrogen) atoms. The molecule has 1 aliphatic carbocycles. The minimum Gasteiger partial charge on any atom is -0.147 e. The quantitative estimate of drug-likeness (QED) is 0.223. The number of hydrogen-bond acceptors (Lipinski definition) is 2. The van der Waals surface area contributed by atoms with E-state index in [0.717, 1.165) is 17.1 Å². The first-order chi connectivity index (χ1) is 15.2. The van der Waals surface area contributed by atoms with Crippen molar-refractivity contribution in [2.45, 2.75) is 40.8 Å². The molecule has 0 radical (unpaired) electrons. The Morgan fingerprint density at radius 3 is 1.88 bits per heavy atom. The van der Waals surface area contributed by atoms with Crippen LogP contribution in [0.15, 0.2) is 71.3 Å². The zero-order valence-corrected chi connectivity index (χ0v) is 26.5. The molecule has 0 amide bonds. The van der Waals surface area contributed by atoms with Gasteiger partial charge in [0.15, 0.2) is 0 Å². The maximum Gasteiger partial charge on any atom is -0.147 e. The summed E-state index contributed by atoms with van der Waals surface area (Å²) < 4.78 is 10.7. The maximum absolute atomic E-state index is 5.33. The summed E-state index contributed by atoms with van der Waals surface area (Å²) in [5.41, 5.74) is 6.77. The van der Waals surface area contributed by atoms with Gasteiger partial charge in [-0.1, -0.05) is 38.3 Å². The van der Waals surface area contributed by atoms with Gasteiger partial charge < -0.3 is 9.47 Å². The van der Waals surface area contributed by atoms with Crippen molar-refractivity contribution in [2.75, 3.05) is 14.2 Å². The molecular formula is C28H36Cl2O2SiZr. The molecule has 0 fully saturated rings. The maximum atomic E-state index is 5.33. The third kappa shape index (κ3) is 9.11. The van der Waals surface area contributed by atoms with E-state index in [4.69, 9.17) is 9.47 Å². The van der Waals surface area contributed by atoms with Crippen molar-refractivity contribution in [3.05, 3.63) is 77.4 Å². The Kier molecular flexibility index (Phi) is 15.2. The predicted molar refractivity (Wildman–Crippen MR) is 150 cm³/mol. The van der Waals surface area contributed by atoms with Crippen molar-refractivity contribution >= 4 is 41.0 Å². The number of allylic oxidation sites excluding steroid dienone is 4. The Balaban J connectivity index is 0.000000614. The van der Waals surface area contributed by atoms with Gasteiger partial charge in [0, 0.05) is 6.07 Å². The van der Waals surface area contributed by atoms with E-state index in [0.29, 0.717) is 5.92 Å². The van der Waals surface area contributed by atoms with Crippen LogP contribution in [0.2, 0.25) is 13.1 Å². The van der Waals surface area contributed by atoms with E-state index in [-0.39, 0.29) is 30.2 Å². The van der Waals surface area contributed by atoms with E-state index in [2.05, 4.69) is 83.3 Å². The second-order valence-electron chi connectivity index (χ2n) is 8.23. The van der Waals surface area contributed by atoms with Gasteiger partial charge in [-0.3, -0.25) is 6.08 Å². The fourth-order valence-electron chi connectivity index (χ4n) is 3.53. The van der Waals surface area contributed by atoms with E-state index in [1.54, 1.807) is 37.6 Å². The average molecular weight is 595 g/mol. The van der Waals surface area contributed by atoms with Gasteiger partial charge in [0.05, 0.1) is 14.2 Å². The minimum atomic E-state index is 0. The van der Waals surface area contributed by atoms with E-state index in [1.807, 2.05) is 18.2 Å². The summed E-state index contributed by atoms with van der Waals surface area (Å²) in [6.45, 7) is 13.3. The zero-order valence-electron chi connectivity index (χ0n) is 21.4.